The highest BCUT2D eigenvalue weighted by molar-refractivity contribution is 7.13. The highest BCUT2D eigenvalue weighted by Crippen LogP contribution is 2.17. The van der Waals surface area contributed by atoms with Gasteiger partial charge in [0.15, 0.2) is 11.1 Å². The van der Waals surface area contributed by atoms with Crippen LogP contribution in [-0.2, 0) is 11.3 Å². The van der Waals surface area contributed by atoms with E-state index >= 15 is 0 Å². The predicted molar refractivity (Wildman–Crippen MR) is 92.8 cm³/mol. The first-order valence-electron chi connectivity index (χ1n) is 7.51. The number of nitrogens with one attached hydrogen (secondary N) is 2. The molecule has 0 amide bonds. The lowest BCUT2D eigenvalue weighted by Crippen LogP contribution is -2.37. The van der Waals surface area contributed by atoms with Gasteiger partial charge >= 0.3 is 0 Å². The van der Waals surface area contributed by atoms with E-state index in [2.05, 4.69) is 32.1 Å². The van der Waals surface area contributed by atoms with Crippen molar-refractivity contribution in [1.29, 1.82) is 0 Å². The fourth-order valence-corrected chi connectivity index (χ4v) is 2.87. The Bertz CT molecular complexity index is 524. The average Bonchev–Trinajstić information content (AvgIpc) is 3.01. The Hall–Kier alpha value is -1.60. The van der Waals surface area contributed by atoms with Gasteiger partial charge in [-0.1, -0.05) is 11.6 Å². The van der Waals surface area contributed by atoms with E-state index in [9.17, 15) is 0 Å². The molecule has 1 aromatic rings. The lowest BCUT2D eigenvalue weighted by atomic mass is 10.1. The van der Waals surface area contributed by atoms with Crippen molar-refractivity contribution in [3.8, 4) is 0 Å². The Morgan fingerprint density at radius 3 is 2.95 bits per heavy atom. The summed E-state index contributed by atoms with van der Waals surface area (Å²) in [5, 5.41) is 9.73. The fourth-order valence-electron chi connectivity index (χ4n) is 2.11. The summed E-state index contributed by atoms with van der Waals surface area (Å²) < 4.78 is 5.31. The summed E-state index contributed by atoms with van der Waals surface area (Å²) in [5.74, 6) is 0.812. The van der Waals surface area contributed by atoms with E-state index in [1.807, 2.05) is 19.0 Å². The smallest absolute Gasteiger partial charge is 0.191 e. The summed E-state index contributed by atoms with van der Waals surface area (Å²) in [5.41, 5.74) is 2.49. The molecule has 122 valence electrons. The van der Waals surface area contributed by atoms with E-state index in [0.29, 0.717) is 6.54 Å². The van der Waals surface area contributed by atoms with Gasteiger partial charge in [-0.15, -0.1) is 11.3 Å². The van der Waals surface area contributed by atoms with Crippen molar-refractivity contribution in [1.82, 2.24) is 15.6 Å². The molecule has 0 aliphatic carbocycles. The van der Waals surface area contributed by atoms with Gasteiger partial charge in [-0.25, -0.2) is 4.98 Å². The van der Waals surface area contributed by atoms with Gasteiger partial charge in [-0.3, -0.25) is 4.99 Å². The van der Waals surface area contributed by atoms with Crippen LogP contribution in [0.1, 0.15) is 18.5 Å². The minimum Gasteiger partial charge on any atom is -0.377 e. The first-order chi connectivity index (χ1) is 10.7. The maximum atomic E-state index is 5.31. The lowest BCUT2D eigenvalue weighted by molar-refractivity contribution is 0.153. The van der Waals surface area contributed by atoms with E-state index < -0.39 is 0 Å². The van der Waals surface area contributed by atoms with Crippen LogP contribution in [0.3, 0.4) is 0 Å². The fraction of sp³-hybridized carbons (Fsp3) is 0.600. The quantitative estimate of drug-likeness (QED) is 0.473. The van der Waals surface area contributed by atoms with Gasteiger partial charge in [0, 0.05) is 33.1 Å². The van der Waals surface area contributed by atoms with Crippen LogP contribution in [0.2, 0.25) is 0 Å². The van der Waals surface area contributed by atoms with Crippen LogP contribution in [-0.4, -0.2) is 51.8 Å². The molecule has 0 radical (unpaired) electrons. The molecule has 0 saturated carbocycles. The molecular formula is C15H25N5OS. The number of aliphatic imine (C=N–C) groups is 1. The van der Waals surface area contributed by atoms with Gasteiger partial charge in [0.25, 0.3) is 0 Å². The van der Waals surface area contributed by atoms with Crippen LogP contribution < -0.4 is 15.5 Å². The summed E-state index contributed by atoms with van der Waals surface area (Å²) >= 11 is 1.65. The lowest BCUT2D eigenvalue weighted by Gasteiger charge is -2.15. The van der Waals surface area contributed by atoms with E-state index in [1.165, 1.54) is 5.57 Å². The van der Waals surface area contributed by atoms with Crippen molar-refractivity contribution in [3.63, 3.8) is 0 Å². The standard InChI is InChI=1S/C15H25N5OS/c1-16-14(17-7-4-12-5-8-21-9-6-12)18-10-13-11-22-15(19-13)20(2)3/h5,11H,4,6-10H2,1-3H3,(H2,16,17,18). The monoisotopic (exact) mass is 323 g/mol. The Morgan fingerprint density at radius 1 is 1.45 bits per heavy atom. The zero-order valence-electron chi connectivity index (χ0n) is 13.6. The number of hydrogen-bond acceptors (Lipinski definition) is 5. The van der Waals surface area contributed by atoms with Crippen LogP contribution >= 0.6 is 11.3 Å². The second-order valence-electron chi connectivity index (χ2n) is 5.31. The maximum absolute atomic E-state index is 5.31. The normalized spacial score (nSPS) is 15.4. The molecule has 6 nitrogen and oxygen atoms in total. The van der Waals surface area contributed by atoms with E-state index in [1.54, 1.807) is 18.4 Å². The molecule has 1 aliphatic rings. The van der Waals surface area contributed by atoms with Gasteiger partial charge in [-0.2, -0.15) is 0 Å². The van der Waals surface area contributed by atoms with E-state index in [-0.39, 0.29) is 0 Å². The van der Waals surface area contributed by atoms with E-state index in [0.717, 1.165) is 49.4 Å². The number of ether oxygens (including phenoxy) is 1. The van der Waals surface area contributed by atoms with Crippen molar-refractivity contribution in [2.45, 2.75) is 19.4 Å². The maximum Gasteiger partial charge on any atom is 0.191 e. The van der Waals surface area contributed by atoms with Crippen molar-refractivity contribution in [2.24, 2.45) is 4.99 Å². The highest BCUT2D eigenvalue weighted by atomic mass is 32.1. The van der Waals surface area contributed by atoms with Crippen LogP contribution in [0.5, 0.6) is 0 Å². The molecule has 0 spiro atoms. The van der Waals surface area contributed by atoms with Crippen molar-refractivity contribution in [3.05, 3.63) is 22.7 Å². The van der Waals surface area contributed by atoms with Gasteiger partial charge < -0.3 is 20.3 Å². The summed E-state index contributed by atoms with van der Waals surface area (Å²) in [6, 6.07) is 0. The molecule has 22 heavy (non-hydrogen) atoms. The molecule has 0 bridgehead atoms. The Morgan fingerprint density at radius 2 is 2.32 bits per heavy atom. The highest BCUT2D eigenvalue weighted by Gasteiger charge is 2.06. The van der Waals surface area contributed by atoms with Crippen molar-refractivity contribution >= 4 is 22.4 Å². The topological polar surface area (TPSA) is 61.8 Å². The Kier molecular flexibility index (Phi) is 6.67. The first kappa shape index (κ1) is 16.8. The predicted octanol–water partition coefficient (Wildman–Crippen LogP) is 1.61. The summed E-state index contributed by atoms with van der Waals surface area (Å²) in [6.07, 6.45) is 4.25. The zero-order chi connectivity index (χ0) is 15.8. The number of hydrogen-bond donors (Lipinski definition) is 2. The number of rotatable bonds is 6. The molecule has 2 heterocycles. The number of guanidine groups is 1. The molecule has 0 aromatic carbocycles. The van der Waals surface area contributed by atoms with E-state index in [4.69, 9.17) is 4.74 Å². The molecule has 2 N–H and O–H groups in total. The molecule has 2 rings (SSSR count). The third-order valence-corrected chi connectivity index (χ3v) is 4.44. The zero-order valence-corrected chi connectivity index (χ0v) is 14.4. The molecule has 7 heteroatoms. The number of thiazole rings is 1. The minimum absolute atomic E-state index is 0.681. The number of anilines is 1. The van der Waals surface area contributed by atoms with Gasteiger partial charge in [0.05, 0.1) is 25.5 Å². The van der Waals surface area contributed by atoms with Gasteiger partial charge in [0.1, 0.15) is 0 Å². The Labute approximate surface area is 136 Å². The number of aromatic nitrogens is 1. The molecular weight excluding hydrogens is 298 g/mol. The molecule has 1 aromatic heterocycles. The first-order valence-corrected chi connectivity index (χ1v) is 8.39. The van der Waals surface area contributed by atoms with Crippen molar-refractivity contribution in [2.75, 3.05) is 45.8 Å². The molecule has 0 fully saturated rings. The minimum atomic E-state index is 0.681. The average molecular weight is 323 g/mol. The van der Waals surface area contributed by atoms with Gasteiger partial charge in [0.2, 0.25) is 0 Å². The molecule has 0 saturated heterocycles. The third kappa shape index (κ3) is 5.31. The summed E-state index contributed by atoms with van der Waals surface area (Å²) in [7, 11) is 5.79. The van der Waals surface area contributed by atoms with Crippen LogP contribution in [0.4, 0.5) is 5.13 Å². The number of nitrogens with zero attached hydrogens (tertiary/aromatic N) is 3. The molecule has 1 aliphatic heterocycles. The second kappa shape index (κ2) is 8.75. The molecule has 0 atom stereocenters. The third-order valence-electron chi connectivity index (χ3n) is 3.38. The second-order valence-corrected chi connectivity index (χ2v) is 6.14. The van der Waals surface area contributed by atoms with Crippen molar-refractivity contribution < 1.29 is 4.74 Å². The largest absolute Gasteiger partial charge is 0.377 e. The van der Waals surface area contributed by atoms with Crippen LogP contribution in [0.25, 0.3) is 0 Å². The molecule has 0 unspecified atom stereocenters. The van der Waals surface area contributed by atoms with Gasteiger partial charge in [-0.05, 0) is 12.8 Å². The SMILES string of the molecule is CN=C(NCCC1=CCOCC1)NCc1csc(N(C)C)n1. The summed E-state index contributed by atoms with van der Waals surface area (Å²) in [4.78, 5) is 10.8. The van der Waals surface area contributed by atoms with Crippen LogP contribution in [0.15, 0.2) is 22.0 Å². The summed E-state index contributed by atoms with van der Waals surface area (Å²) in [6.45, 7) is 3.16. The Balaban J connectivity index is 1.71. The van der Waals surface area contributed by atoms with Crippen LogP contribution in [0, 0.1) is 0 Å².